The zero-order chi connectivity index (χ0) is 15.9. The van der Waals surface area contributed by atoms with E-state index in [-0.39, 0.29) is 6.09 Å². The molecule has 0 unspecified atom stereocenters. The van der Waals surface area contributed by atoms with E-state index in [0.29, 0.717) is 19.1 Å². The van der Waals surface area contributed by atoms with Gasteiger partial charge in [-0.2, -0.15) is 0 Å². The van der Waals surface area contributed by atoms with Gasteiger partial charge in [0.15, 0.2) is 0 Å². The Labute approximate surface area is 130 Å². The van der Waals surface area contributed by atoms with Gasteiger partial charge in [-0.25, -0.2) is 4.79 Å². The number of rotatable bonds is 6. The summed E-state index contributed by atoms with van der Waals surface area (Å²) in [6.45, 7) is 15.6. The van der Waals surface area contributed by atoms with Gasteiger partial charge in [-0.1, -0.05) is 6.92 Å². The fourth-order valence-corrected chi connectivity index (χ4v) is 2.56. The van der Waals surface area contributed by atoms with Gasteiger partial charge < -0.3 is 19.9 Å². The van der Waals surface area contributed by atoms with E-state index in [1.807, 2.05) is 27.7 Å². The third kappa shape index (κ3) is 7.14. The van der Waals surface area contributed by atoms with Crippen LogP contribution in [0.15, 0.2) is 0 Å². The summed E-state index contributed by atoms with van der Waals surface area (Å²) in [5.74, 6) is 0. The van der Waals surface area contributed by atoms with Gasteiger partial charge in [0.05, 0.1) is 0 Å². The van der Waals surface area contributed by atoms with Gasteiger partial charge in [-0.15, -0.1) is 0 Å². The minimum atomic E-state index is -0.426. The molecule has 0 bridgehead atoms. The molecular weight excluding hydrogens is 266 g/mol. The number of amides is 1. The molecule has 1 N–H and O–H groups in total. The number of likely N-dealkylation sites (tertiary alicyclic amines) is 1. The average Bonchev–Trinajstić information content (AvgIpc) is 2.42. The highest BCUT2D eigenvalue weighted by Gasteiger charge is 2.21. The Morgan fingerprint density at radius 1 is 1.29 bits per heavy atom. The van der Waals surface area contributed by atoms with E-state index in [0.717, 1.165) is 13.1 Å². The van der Waals surface area contributed by atoms with E-state index in [1.54, 1.807) is 4.90 Å². The van der Waals surface area contributed by atoms with Crippen molar-refractivity contribution in [3.05, 3.63) is 0 Å². The third-order valence-electron chi connectivity index (χ3n) is 3.88. The Kier molecular flexibility index (Phi) is 7.46. The van der Waals surface area contributed by atoms with Crippen LogP contribution in [0.2, 0.25) is 0 Å². The number of nitrogens with zero attached hydrogens (tertiary/aromatic N) is 2. The molecule has 0 aromatic rings. The second kappa shape index (κ2) is 8.59. The van der Waals surface area contributed by atoms with Crippen LogP contribution in [0.5, 0.6) is 0 Å². The molecule has 0 radical (unpaired) electrons. The fraction of sp³-hybridized carbons (Fsp3) is 0.938. The fourth-order valence-electron chi connectivity index (χ4n) is 2.56. The van der Waals surface area contributed by atoms with Crippen molar-refractivity contribution in [2.75, 3.05) is 39.3 Å². The molecule has 0 saturated carbocycles. The van der Waals surface area contributed by atoms with E-state index < -0.39 is 5.60 Å². The first-order chi connectivity index (χ1) is 9.85. The van der Waals surface area contributed by atoms with Crippen LogP contribution in [-0.2, 0) is 4.74 Å². The Bertz CT molecular complexity index is 307. The molecule has 1 saturated heterocycles. The lowest BCUT2D eigenvalue weighted by Gasteiger charge is -2.32. The van der Waals surface area contributed by atoms with Crippen molar-refractivity contribution in [1.29, 1.82) is 0 Å². The molecule has 0 aromatic carbocycles. The zero-order valence-electron chi connectivity index (χ0n) is 14.4. The Morgan fingerprint density at radius 2 is 1.90 bits per heavy atom. The molecule has 5 heteroatoms. The van der Waals surface area contributed by atoms with Crippen LogP contribution in [0, 0.1) is 0 Å². The number of hydrogen-bond donors (Lipinski definition) is 1. The lowest BCUT2D eigenvalue weighted by Crippen LogP contribution is -2.46. The predicted molar refractivity (Wildman–Crippen MR) is 86.6 cm³/mol. The van der Waals surface area contributed by atoms with E-state index in [1.165, 1.54) is 25.9 Å². The molecule has 0 aliphatic carbocycles. The van der Waals surface area contributed by atoms with Gasteiger partial charge in [0.25, 0.3) is 0 Å². The number of hydrogen-bond acceptors (Lipinski definition) is 4. The molecule has 1 heterocycles. The van der Waals surface area contributed by atoms with Crippen molar-refractivity contribution in [2.45, 2.75) is 59.1 Å². The van der Waals surface area contributed by atoms with Gasteiger partial charge in [0.2, 0.25) is 0 Å². The summed E-state index contributed by atoms with van der Waals surface area (Å²) in [6, 6.07) is 0.588. The number of likely N-dealkylation sites (N-methyl/N-ethyl adjacent to an activating group) is 1. The summed E-state index contributed by atoms with van der Waals surface area (Å²) in [4.78, 5) is 16.3. The Hall–Kier alpha value is -0.810. The van der Waals surface area contributed by atoms with Crippen molar-refractivity contribution in [3.63, 3.8) is 0 Å². The van der Waals surface area contributed by atoms with Gasteiger partial charge in [-0.05, 0) is 60.2 Å². The monoisotopic (exact) mass is 299 g/mol. The second-order valence-corrected chi connectivity index (χ2v) is 6.72. The molecular formula is C16H33N3O2. The first-order valence-corrected chi connectivity index (χ1v) is 8.29. The lowest BCUT2D eigenvalue weighted by molar-refractivity contribution is 0.0259. The quantitative estimate of drug-likeness (QED) is 0.817. The number of nitrogens with one attached hydrogen (secondary N) is 1. The molecule has 0 spiro atoms. The molecule has 1 aliphatic heterocycles. The van der Waals surface area contributed by atoms with Crippen molar-refractivity contribution < 1.29 is 9.53 Å². The number of carbonyl (C=O) groups is 1. The van der Waals surface area contributed by atoms with Crippen LogP contribution in [-0.4, -0.2) is 66.8 Å². The molecule has 0 aromatic heterocycles. The topological polar surface area (TPSA) is 44.8 Å². The summed E-state index contributed by atoms with van der Waals surface area (Å²) in [6.07, 6.45) is 2.19. The van der Waals surface area contributed by atoms with E-state index in [2.05, 4.69) is 17.1 Å². The van der Waals surface area contributed by atoms with Crippen molar-refractivity contribution >= 4 is 6.09 Å². The molecule has 124 valence electrons. The highest BCUT2D eigenvalue weighted by molar-refractivity contribution is 5.68. The van der Waals surface area contributed by atoms with Gasteiger partial charge >= 0.3 is 6.09 Å². The number of piperidine rings is 1. The second-order valence-electron chi connectivity index (χ2n) is 6.72. The maximum absolute atomic E-state index is 12.0. The van der Waals surface area contributed by atoms with Crippen LogP contribution in [0.3, 0.4) is 0 Å². The molecule has 1 amide bonds. The van der Waals surface area contributed by atoms with E-state index in [4.69, 9.17) is 4.74 Å². The number of ether oxygens (including phenoxy) is 1. The van der Waals surface area contributed by atoms with E-state index >= 15 is 0 Å². The summed E-state index contributed by atoms with van der Waals surface area (Å²) >= 11 is 0. The Morgan fingerprint density at radius 3 is 2.38 bits per heavy atom. The SMILES string of the molecule is CCN1CCC(NCCN(CC)C(=O)OC(C)(C)C)CC1. The minimum Gasteiger partial charge on any atom is -0.444 e. The molecule has 1 fully saturated rings. The summed E-state index contributed by atoms with van der Waals surface area (Å²) < 4.78 is 5.41. The molecule has 5 nitrogen and oxygen atoms in total. The van der Waals surface area contributed by atoms with Crippen molar-refractivity contribution in [2.24, 2.45) is 0 Å². The highest BCUT2D eigenvalue weighted by Crippen LogP contribution is 2.11. The van der Waals surface area contributed by atoms with Crippen LogP contribution >= 0.6 is 0 Å². The average molecular weight is 299 g/mol. The van der Waals surface area contributed by atoms with Gasteiger partial charge in [0, 0.05) is 25.7 Å². The lowest BCUT2D eigenvalue weighted by atomic mass is 10.1. The molecule has 1 aliphatic rings. The Balaban J connectivity index is 2.25. The minimum absolute atomic E-state index is 0.215. The van der Waals surface area contributed by atoms with Crippen LogP contribution in [0.1, 0.15) is 47.5 Å². The molecule has 1 rings (SSSR count). The normalized spacial score (nSPS) is 17.8. The van der Waals surface area contributed by atoms with Crippen molar-refractivity contribution in [3.8, 4) is 0 Å². The summed E-state index contributed by atoms with van der Waals surface area (Å²) in [7, 11) is 0. The van der Waals surface area contributed by atoms with Crippen LogP contribution in [0.4, 0.5) is 4.79 Å². The zero-order valence-corrected chi connectivity index (χ0v) is 14.4. The highest BCUT2D eigenvalue weighted by atomic mass is 16.6. The summed E-state index contributed by atoms with van der Waals surface area (Å²) in [5.41, 5.74) is -0.426. The first-order valence-electron chi connectivity index (χ1n) is 8.29. The first kappa shape index (κ1) is 18.2. The maximum atomic E-state index is 12.0. The summed E-state index contributed by atoms with van der Waals surface area (Å²) in [5, 5.41) is 3.57. The standard InChI is InChI=1S/C16H33N3O2/c1-6-18-11-8-14(9-12-18)17-10-13-19(7-2)15(20)21-16(3,4)5/h14,17H,6-13H2,1-5H3. The maximum Gasteiger partial charge on any atom is 0.410 e. The predicted octanol–water partition coefficient (Wildman–Crippen LogP) is 2.32. The molecule has 21 heavy (non-hydrogen) atoms. The largest absolute Gasteiger partial charge is 0.444 e. The smallest absolute Gasteiger partial charge is 0.410 e. The number of carbonyl (C=O) groups excluding carboxylic acids is 1. The van der Waals surface area contributed by atoms with Crippen LogP contribution < -0.4 is 5.32 Å². The van der Waals surface area contributed by atoms with E-state index in [9.17, 15) is 4.79 Å². The third-order valence-corrected chi connectivity index (χ3v) is 3.88. The van der Waals surface area contributed by atoms with Gasteiger partial charge in [0.1, 0.15) is 5.60 Å². The van der Waals surface area contributed by atoms with Crippen LogP contribution in [0.25, 0.3) is 0 Å². The van der Waals surface area contributed by atoms with Gasteiger partial charge in [-0.3, -0.25) is 0 Å². The molecule has 0 atom stereocenters. The van der Waals surface area contributed by atoms with Crippen molar-refractivity contribution in [1.82, 2.24) is 15.1 Å².